The van der Waals surface area contributed by atoms with Gasteiger partial charge in [0.1, 0.15) is 12.6 Å². The average Bonchev–Trinajstić information content (AvgIpc) is 2.93. The van der Waals surface area contributed by atoms with Crippen LogP contribution in [0.1, 0.15) is 55.4 Å². The molecule has 3 rings (SSSR count). The summed E-state index contributed by atoms with van der Waals surface area (Å²) in [6.07, 6.45) is 2.11. The van der Waals surface area contributed by atoms with Gasteiger partial charge in [0.2, 0.25) is 11.8 Å². The van der Waals surface area contributed by atoms with Gasteiger partial charge in [-0.15, -0.1) is 0 Å². The highest BCUT2D eigenvalue weighted by Gasteiger charge is 2.34. The SMILES string of the molecule is CCCCNC(=O)[C@@H](CC)N(Cc1ccc(Cl)cc1)C(=O)CN(c1ccc(C)cc1C)S(=O)(=O)c1ccc(C)cc1. The van der Waals surface area contributed by atoms with Gasteiger partial charge in [-0.3, -0.25) is 13.9 Å². The molecule has 0 saturated heterocycles. The van der Waals surface area contributed by atoms with Gasteiger partial charge in [0.25, 0.3) is 10.0 Å². The first-order valence-electron chi connectivity index (χ1n) is 14.0. The van der Waals surface area contributed by atoms with E-state index in [1.54, 1.807) is 54.6 Å². The smallest absolute Gasteiger partial charge is 0.264 e. The first-order valence-corrected chi connectivity index (χ1v) is 15.8. The summed E-state index contributed by atoms with van der Waals surface area (Å²) >= 11 is 6.08. The normalized spacial score (nSPS) is 12.0. The van der Waals surface area contributed by atoms with Gasteiger partial charge in [0.15, 0.2) is 0 Å². The molecular formula is C32H40ClN3O4S. The first-order chi connectivity index (χ1) is 19.5. The number of nitrogens with zero attached hydrogens (tertiary/aromatic N) is 2. The van der Waals surface area contributed by atoms with Crippen LogP contribution in [0.25, 0.3) is 0 Å². The predicted octanol–water partition coefficient (Wildman–Crippen LogP) is 6.18. The van der Waals surface area contributed by atoms with Gasteiger partial charge in [-0.05, 0) is 75.1 Å². The lowest BCUT2D eigenvalue weighted by Crippen LogP contribution is -2.52. The van der Waals surface area contributed by atoms with Gasteiger partial charge in [-0.2, -0.15) is 0 Å². The number of carbonyl (C=O) groups is 2. The lowest BCUT2D eigenvalue weighted by Gasteiger charge is -2.33. The number of unbranched alkanes of at least 4 members (excludes halogenated alkanes) is 1. The van der Waals surface area contributed by atoms with E-state index < -0.39 is 28.5 Å². The number of hydrogen-bond acceptors (Lipinski definition) is 4. The Bertz CT molecular complexity index is 1440. The molecule has 0 heterocycles. The van der Waals surface area contributed by atoms with E-state index in [4.69, 9.17) is 11.6 Å². The Morgan fingerprint density at radius 2 is 1.54 bits per heavy atom. The molecule has 0 aliphatic rings. The third-order valence-electron chi connectivity index (χ3n) is 6.99. The third-order valence-corrected chi connectivity index (χ3v) is 9.02. The van der Waals surface area contributed by atoms with Crippen molar-refractivity contribution in [1.29, 1.82) is 0 Å². The summed E-state index contributed by atoms with van der Waals surface area (Å²) in [5.41, 5.74) is 3.82. The van der Waals surface area contributed by atoms with E-state index in [1.807, 2.05) is 46.8 Å². The highest BCUT2D eigenvalue weighted by atomic mass is 35.5. The fourth-order valence-electron chi connectivity index (χ4n) is 4.65. The highest BCUT2D eigenvalue weighted by molar-refractivity contribution is 7.92. The molecule has 220 valence electrons. The molecule has 1 atom stereocenters. The van der Waals surface area contributed by atoms with E-state index in [1.165, 1.54) is 4.90 Å². The number of rotatable bonds is 13. The monoisotopic (exact) mass is 597 g/mol. The number of sulfonamides is 1. The van der Waals surface area contributed by atoms with Crippen molar-refractivity contribution in [2.24, 2.45) is 0 Å². The van der Waals surface area contributed by atoms with Crippen LogP contribution in [0.15, 0.2) is 71.6 Å². The molecule has 0 saturated carbocycles. The van der Waals surface area contributed by atoms with Crippen LogP contribution in [0.2, 0.25) is 5.02 Å². The van der Waals surface area contributed by atoms with Crippen LogP contribution in [-0.4, -0.2) is 44.3 Å². The number of benzene rings is 3. The lowest BCUT2D eigenvalue weighted by atomic mass is 10.1. The summed E-state index contributed by atoms with van der Waals surface area (Å²) in [5.74, 6) is -0.740. The number of halogens is 1. The molecule has 0 aliphatic heterocycles. The van der Waals surface area contributed by atoms with Crippen molar-refractivity contribution in [3.8, 4) is 0 Å². The van der Waals surface area contributed by atoms with Crippen molar-refractivity contribution in [1.82, 2.24) is 10.2 Å². The minimum atomic E-state index is -4.12. The number of aryl methyl sites for hydroxylation is 3. The van der Waals surface area contributed by atoms with E-state index in [0.717, 1.165) is 39.4 Å². The number of hydrogen-bond donors (Lipinski definition) is 1. The second-order valence-corrected chi connectivity index (χ2v) is 12.6. The summed E-state index contributed by atoms with van der Waals surface area (Å²) in [6, 6.07) is 18.3. The van der Waals surface area contributed by atoms with Gasteiger partial charge < -0.3 is 10.2 Å². The number of carbonyl (C=O) groups excluding carboxylic acids is 2. The van der Waals surface area contributed by atoms with Crippen LogP contribution in [0, 0.1) is 20.8 Å². The Morgan fingerprint density at radius 1 is 0.902 bits per heavy atom. The standard InChI is InChI=1S/C32H40ClN3O4S/c1-6-8-19-34-32(38)29(7-2)35(21-26-12-14-27(33)15-13-26)31(37)22-36(30-18-11-24(4)20-25(30)5)41(39,40)28-16-9-23(3)10-17-28/h9-18,20,29H,6-8,19,21-22H2,1-5H3,(H,34,38)/t29-/m1/s1. The molecule has 0 unspecified atom stereocenters. The molecule has 3 aromatic carbocycles. The van der Waals surface area contributed by atoms with Crippen molar-refractivity contribution >= 4 is 39.1 Å². The lowest BCUT2D eigenvalue weighted by molar-refractivity contribution is -0.140. The number of amides is 2. The quantitative estimate of drug-likeness (QED) is 0.238. The maximum absolute atomic E-state index is 14.2. The maximum atomic E-state index is 14.2. The van der Waals surface area contributed by atoms with Crippen molar-refractivity contribution in [3.63, 3.8) is 0 Å². The van der Waals surface area contributed by atoms with E-state index in [-0.39, 0.29) is 17.3 Å². The predicted molar refractivity (Wildman–Crippen MR) is 166 cm³/mol. The zero-order valence-corrected chi connectivity index (χ0v) is 26.1. The zero-order valence-electron chi connectivity index (χ0n) is 24.5. The summed E-state index contributed by atoms with van der Waals surface area (Å²) < 4.78 is 29.2. The summed E-state index contributed by atoms with van der Waals surface area (Å²) in [7, 11) is -4.12. The first kappa shape index (κ1) is 32.2. The molecule has 2 amide bonds. The van der Waals surface area contributed by atoms with Crippen LogP contribution in [0.5, 0.6) is 0 Å². The van der Waals surface area contributed by atoms with E-state index in [9.17, 15) is 18.0 Å². The summed E-state index contributed by atoms with van der Waals surface area (Å²) in [4.78, 5) is 29.0. The third kappa shape index (κ3) is 8.33. The van der Waals surface area contributed by atoms with Gasteiger partial charge in [0.05, 0.1) is 10.6 Å². The minimum Gasteiger partial charge on any atom is -0.354 e. The van der Waals surface area contributed by atoms with Gasteiger partial charge in [-0.1, -0.05) is 79.4 Å². The molecule has 0 bridgehead atoms. The number of nitrogens with one attached hydrogen (secondary N) is 1. The van der Waals surface area contributed by atoms with Crippen molar-refractivity contribution in [2.75, 3.05) is 17.4 Å². The Labute approximate surface area is 249 Å². The van der Waals surface area contributed by atoms with E-state index in [0.29, 0.717) is 23.7 Å². The molecule has 0 radical (unpaired) electrons. The van der Waals surface area contributed by atoms with Crippen molar-refractivity contribution in [2.45, 2.75) is 71.4 Å². The second-order valence-electron chi connectivity index (χ2n) is 10.3. The van der Waals surface area contributed by atoms with E-state index >= 15 is 0 Å². The fourth-order valence-corrected chi connectivity index (χ4v) is 6.25. The van der Waals surface area contributed by atoms with Crippen LogP contribution >= 0.6 is 11.6 Å². The number of anilines is 1. The van der Waals surface area contributed by atoms with Crippen LogP contribution < -0.4 is 9.62 Å². The zero-order chi connectivity index (χ0) is 30.2. The Morgan fingerprint density at radius 3 is 2.12 bits per heavy atom. The fraction of sp³-hybridized carbons (Fsp3) is 0.375. The molecular weight excluding hydrogens is 558 g/mol. The Balaban J connectivity index is 2.06. The molecule has 0 aliphatic carbocycles. The molecule has 7 nitrogen and oxygen atoms in total. The Kier molecular flexibility index (Phi) is 11.4. The Hall–Kier alpha value is -3.36. The molecule has 0 fully saturated rings. The van der Waals surface area contributed by atoms with Crippen LogP contribution in [0.3, 0.4) is 0 Å². The second kappa shape index (κ2) is 14.5. The molecule has 0 aromatic heterocycles. The van der Waals surface area contributed by atoms with Gasteiger partial charge in [0, 0.05) is 18.1 Å². The average molecular weight is 598 g/mol. The molecule has 3 aromatic rings. The van der Waals surface area contributed by atoms with Gasteiger partial charge in [-0.25, -0.2) is 8.42 Å². The summed E-state index contributed by atoms with van der Waals surface area (Å²) in [6.45, 7) is 9.68. The van der Waals surface area contributed by atoms with Gasteiger partial charge >= 0.3 is 0 Å². The molecule has 41 heavy (non-hydrogen) atoms. The van der Waals surface area contributed by atoms with Crippen molar-refractivity contribution < 1.29 is 18.0 Å². The molecule has 1 N–H and O–H groups in total. The summed E-state index contributed by atoms with van der Waals surface area (Å²) in [5, 5.41) is 3.50. The topological polar surface area (TPSA) is 86.8 Å². The van der Waals surface area contributed by atoms with Crippen LogP contribution in [-0.2, 0) is 26.2 Å². The minimum absolute atomic E-state index is 0.0875. The highest BCUT2D eigenvalue weighted by Crippen LogP contribution is 2.28. The van der Waals surface area contributed by atoms with E-state index in [2.05, 4.69) is 5.32 Å². The maximum Gasteiger partial charge on any atom is 0.264 e. The van der Waals surface area contributed by atoms with Crippen molar-refractivity contribution in [3.05, 3.63) is 94.0 Å². The molecule has 9 heteroatoms. The van der Waals surface area contributed by atoms with Crippen LogP contribution in [0.4, 0.5) is 5.69 Å². The largest absolute Gasteiger partial charge is 0.354 e. The molecule has 0 spiro atoms.